The minimum absolute atomic E-state index is 0.206. The molecule has 0 amide bonds. The zero-order valence-electron chi connectivity index (χ0n) is 10.9. The van der Waals surface area contributed by atoms with Crippen LogP contribution in [0.2, 0.25) is 0 Å². The topological polar surface area (TPSA) is 52.5 Å². The highest BCUT2D eigenvalue weighted by atomic mass is 16.3. The van der Waals surface area contributed by atoms with Crippen LogP contribution in [-0.4, -0.2) is 48.9 Å². The van der Waals surface area contributed by atoms with Crippen LogP contribution in [0.1, 0.15) is 19.8 Å². The molecule has 5 nitrogen and oxygen atoms in total. The summed E-state index contributed by atoms with van der Waals surface area (Å²) in [4.78, 5) is 12.6. The van der Waals surface area contributed by atoms with E-state index in [1.54, 1.807) is 6.33 Å². The maximum atomic E-state index is 8.81. The van der Waals surface area contributed by atoms with Gasteiger partial charge in [0.15, 0.2) is 0 Å². The van der Waals surface area contributed by atoms with Crippen molar-refractivity contribution >= 4 is 11.6 Å². The number of aromatic nitrogens is 2. The maximum Gasteiger partial charge on any atom is 0.133 e. The van der Waals surface area contributed by atoms with Crippen LogP contribution in [0.5, 0.6) is 0 Å². The van der Waals surface area contributed by atoms with E-state index in [2.05, 4.69) is 21.8 Å². The Morgan fingerprint density at radius 3 is 2.24 bits per heavy atom. The average Bonchev–Trinajstić information content (AvgIpc) is 2.36. The van der Waals surface area contributed by atoms with Crippen molar-refractivity contribution in [3.8, 4) is 0 Å². The SMILES string of the molecule is CCCN(C)c1cc(N(C)CCCO)ncn1. The second-order valence-corrected chi connectivity index (χ2v) is 4.15. The van der Waals surface area contributed by atoms with E-state index in [9.17, 15) is 0 Å². The Morgan fingerprint density at radius 2 is 1.71 bits per heavy atom. The molecule has 0 fully saturated rings. The van der Waals surface area contributed by atoms with E-state index in [4.69, 9.17) is 5.11 Å². The van der Waals surface area contributed by atoms with Gasteiger partial charge in [0.1, 0.15) is 18.0 Å². The van der Waals surface area contributed by atoms with Gasteiger partial charge in [0.25, 0.3) is 0 Å². The van der Waals surface area contributed by atoms with Gasteiger partial charge in [-0.3, -0.25) is 0 Å². The molecule has 0 spiro atoms. The van der Waals surface area contributed by atoms with Crippen LogP contribution >= 0.6 is 0 Å². The third-order valence-electron chi connectivity index (χ3n) is 2.63. The zero-order valence-corrected chi connectivity index (χ0v) is 10.9. The molecule has 0 radical (unpaired) electrons. The molecule has 0 saturated carbocycles. The summed E-state index contributed by atoms with van der Waals surface area (Å²) in [6.07, 6.45) is 3.43. The van der Waals surface area contributed by atoms with Gasteiger partial charge in [0, 0.05) is 39.9 Å². The fourth-order valence-electron chi connectivity index (χ4n) is 1.63. The first-order valence-electron chi connectivity index (χ1n) is 6.04. The van der Waals surface area contributed by atoms with Crippen LogP contribution in [0.3, 0.4) is 0 Å². The van der Waals surface area contributed by atoms with Gasteiger partial charge >= 0.3 is 0 Å². The molecule has 0 aliphatic rings. The minimum atomic E-state index is 0.206. The van der Waals surface area contributed by atoms with Crippen molar-refractivity contribution in [2.45, 2.75) is 19.8 Å². The second kappa shape index (κ2) is 7.06. The van der Waals surface area contributed by atoms with Crippen LogP contribution in [-0.2, 0) is 0 Å². The monoisotopic (exact) mass is 238 g/mol. The van der Waals surface area contributed by atoms with E-state index in [-0.39, 0.29) is 6.61 Å². The standard InChI is InChI=1S/C12H22N4O/c1-4-6-15(2)11-9-12(14-10-13-11)16(3)7-5-8-17/h9-10,17H,4-8H2,1-3H3. The Labute approximate surface area is 103 Å². The third-order valence-corrected chi connectivity index (χ3v) is 2.63. The largest absolute Gasteiger partial charge is 0.396 e. The molecule has 1 N–H and O–H groups in total. The van der Waals surface area contributed by atoms with Gasteiger partial charge in [-0.15, -0.1) is 0 Å². The summed E-state index contributed by atoms with van der Waals surface area (Å²) in [6, 6.07) is 1.98. The summed E-state index contributed by atoms with van der Waals surface area (Å²) in [5.41, 5.74) is 0. The molecule has 0 unspecified atom stereocenters. The number of aliphatic hydroxyl groups is 1. The molecule has 1 heterocycles. The first kappa shape index (κ1) is 13.7. The summed E-state index contributed by atoms with van der Waals surface area (Å²) in [5.74, 6) is 1.83. The summed E-state index contributed by atoms with van der Waals surface area (Å²) in [7, 11) is 4.00. The van der Waals surface area contributed by atoms with Crippen molar-refractivity contribution < 1.29 is 5.11 Å². The summed E-state index contributed by atoms with van der Waals surface area (Å²) in [5, 5.41) is 8.81. The second-order valence-electron chi connectivity index (χ2n) is 4.15. The van der Waals surface area contributed by atoms with Gasteiger partial charge in [-0.05, 0) is 12.8 Å². The molecule has 0 aliphatic carbocycles. The van der Waals surface area contributed by atoms with Crippen molar-refractivity contribution in [1.82, 2.24) is 9.97 Å². The van der Waals surface area contributed by atoms with Crippen molar-refractivity contribution in [2.75, 3.05) is 43.6 Å². The lowest BCUT2D eigenvalue weighted by molar-refractivity contribution is 0.290. The van der Waals surface area contributed by atoms with E-state index in [1.807, 2.05) is 25.1 Å². The number of hydrogen-bond donors (Lipinski definition) is 1. The molecule has 96 valence electrons. The summed E-state index contributed by atoms with van der Waals surface area (Å²) < 4.78 is 0. The van der Waals surface area contributed by atoms with E-state index in [0.717, 1.165) is 37.6 Å². The normalized spacial score (nSPS) is 10.4. The van der Waals surface area contributed by atoms with Crippen molar-refractivity contribution in [2.24, 2.45) is 0 Å². The molecule has 0 atom stereocenters. The number of anilines is 2. The predicted octanol–water partition coefficient (Wildman–Crippen LogP) is 1.14. The van der Waals surface area contributed by atoms with Crippen molar-refractivity contribution in [3.63, 3.8) is 0 Å². The van der Waals surface area contributed by atoms with Gasteiger partial charge in [-0.2, -0.15) is 0 Å². The Morgan fingerprint density at radius 1 is 1.12 bits per heavy atom. The van der Waals surface area contributed by atoms with E-state index < -0.39 is 0 Å². The zero-order chi connectivity index (χ0) is 12.7. The van der Waals surface area contributed by atoms with Crippen molar-refractivity contribution in [3.05, 3.63) is 12.4 Å². The van der Waals surface area contributed by atoms with Gasteiger partial charge in [0.2, 0.25) is 0 Å². The number of aliphatic hydroxyl groups excluding tert-OH is 1. The highest BCUT2D eigenvalue weighted by Gasteiger charge is 2.06. The molecule has 5 heteroatoms. The molecule has 0 aromatic carbocycles. The Kier molecular flexibility index (Phi) is 5.69. The third kappa shape index (κ3) is 4.19. The maximum absolute atomic E-state index is 8.81. The van der Waals surface area contributed by atoms with E-state index >= 15 is 0 Å². The smallest absolute Gasteiger partial charge is 0.133 e. The molecule has 1 aromatic rings. The quantitative estimate of drug-likeness (QED) is 0.772. The number of nitrogens with zero attached hydrogens (tertiary/aromatic N) is 4. The number of rotatable bonds is 7. The fraction of sp³-hybridized carbons (Fsp3) is 0.667. The lowest BCUT2D eigenvalue weighted by Gasteiger charge is -2.21. The molecule has 1 rings (SSSR count). The molecule has 0 saturated heterocycles. The van der Waals surface area contributed by atoms with Crippen LogP contribution in [0.25, 0.3) is 0 Å². The van der Waals surface area contributed by atoms with Crippen molar-refractivity contribution in [1.29, 1.82) is 0 Å². The van der Waals surface area contributed by atoms with Crippen LogP contribution in [0, 0.1) is 0 Å². The predicted molar refractivity (Wildman–Crippen MR) is 70.6 cm³/mol. The van der Waals surface area contributed by atoms with E-state index in [1.165, 1.54) is 0 Å². The first-order valence-corrected chi connectivity index (χ1v) is 6.04. The van der Waals surface area contributed by atoms with Crippen LogP contribution in [0.4, 0.5) is 11.6 Å². The lowest BCUT2D eigenvalue weighted by Crippen LogP contribution is -2.23. The highest BCUT2D eigenvalue weighted by Crippen LogP contribution is 2.15. The van der Waals surface area contributed by atoms with Crippen LogP contribution < -0.4 is 9.80 Å². The fourth-order valence-corrected chi connectivity index (χ4v) is 1.63. The van der Waals surface area contributed by atoms with Crippen LogP contribution in [0.15, 0.2) is 12.4 Å². The lowest BCUT2D eigenvalue weighted by atomic mass is 10.3. The average molecular weight is 238 g/mol. The van der Waals surface area contributed by atoms with Gasteiger partial charge < -0.3 is 14.9 Å². The Hall–Kier alpha value is -1.36. The molecular formula is C12H22N4O. The summed E-state index contributed by atoms with van der Waals surface area (Å²) in [6.45, 7) is 4.13. The Balaban J connectivity index is 2.70. The minimum Gasteiger partial charge on any atom is -0.396 e. The molecule has 0 aliphatic heterocycles. The number of hydrogen-bond acceptors (Lipinski definition) is 5. The first-order chi connectivity index (χ1) is 8.19. The van der Waals surface area contributed by atoms with E-state index in [0.29, 0.717) is 0 Å². The molecule has 17 heavy (non-hydrogen) atoms. The van der Waals surface area contributed by atoms with Gasteiger partial charge in [0.05, 0.1) is 0 Å². The van der Waals surface area contributed by atoms with Gasteiger partial charge in [-0.25, -0.2) is 9.97 Å². The van der Waals surface area contributed by atoms with Gasteiger partial charge in [-0.1, -0.05) is 6.92 Å². The summed E-state index contributed by atoms with van der Waals surface area (Å²) >= 11 is 0. The Bertz CT molecular complexity index is 332. The molecular weight excluding hydrogens is 216 g/mol. The molecule has 0 bridgehead atoms. The molecule has 1 aromatic heterocycles. The highest BCUT2D eigenvalue weighted by molar-refractivity contribution is 5.49.